The fourth-order valence-electron chi connectivity index (χ4n) is 0.811. The lowest BCUT2D eigenvalue weighted by Crippen LogP contribution is -2.53. The summed E-state index contributed by atoms with van der Waals surface area (Å²) < 4.78 is 0. The Morgan fingerprint density at radius 1 is 0.917 bits per heavy atom. The fraction of sp³-hybridized carbons (Fsp3) is 1.00. The summed E-state index contributed by atoms with van der Waals surface area (Å²) in [4.78, 5) is 0.965. The Hall–Kier alpha value is -0.240. The number of aliphatic hydroxyl groups is 5. The minimum absolute atomic E-state index is 0.0197. The van der Waals surface area contributed by atoms with Gasteiger partial charge in [-0.1, -0.05) is 0 Å². The van der Waals surface area contributed by atoms with E-state index in [1.807, 2.05) is 0 Å². The van der Waals surface area contributed by atoms with E-state index in [1.54, 1.807) is 0 Å². The lowest BCUT2D eigenvalue weighted by atomic mass is 10.4. The third kappa shape index (κ3) is 3.44. The van der Waals surface area contributed by atoms with Gasteiger partial charge in [-0.3, -0.25) is 0 Å². The van der Waals surface area contributed by atoms with Crippen molar-refractivity contribution in [1.29, 1.82) is 0 Å². The first-order chi connectivity index (χ1) is 5.58. The summed E-state index contributed by atoms with van der Waals surface area (Å²) in [7, 11) is 0. The van der Waals surface area contributed by atoms with Gasteiger partial charge in [0.15, 0.2) is 0 Å². The first-order valence-corrected chi connectivity index (χ1v) is 3.61. The van der Waals surface area contributed by atoms with Gasteiger partial charge in [-0.15, -0.1) is 0 Å². The van der Waals surface area contributed by atoms with Crippen LogP contribution in [0.2, 0.25) is 0 Å². The summed E-state index contributed by atoms with van der Waals surface area (Å²) >= 11 is 0. The van der Waals surface area contributed by atoms with E-state index < -0.39 is 12.5 Å². The van der Waals surface area contributed by atoms with Crippen molar-refractivity contribution in [2.75, 3.05) is 32.9 Å². The second-order valence-corrected chi connectivity index (χ2v) is 2.37. The van der Waals surface area contributed by atoms with Crippen molar-refractivity contribution in [3.63, 3.8) is 0 Å². The Morgan fingerprint density at radius 3 is 1.58 bits per heavy atom. The van der Waals surface area contributed by atoms with Crippen molar-refractivity contribution >= 4 is 0 Å². The second-order valence-electron chi connectivity index (χ2n) is 2.37. The van der Waals surface area contributed by atoms with Gasteiger partial charge in [0.2, 0.25) is 5.91 Å². The molecule has 74 valence electrons. The van der Waals surface area contributed by atoms with E-state index in [4.69, 9.17) is 25.5 Å². The van der Waals surface area contributed by atoms with Crippen LogP contribution in [0.15, 0.2) is 0 Å². The first-order valence-electron chi connectivity index (χ1n) is 3.61. The second kappa shape index (κ2) is 5.41. The molecule has 0 atom stereocenters. The van der Waals surface area contributed by atoms with E-state index in [2.05, 4.69) is 0 Å². The Balaban J connectivity index is 4.07. The Kier molecular flexibility index (Phi) is 5.31. The SMILES string of the molecule is OCCN(CCO)C(O)(O)CO. The van der Waals surface area contributed by atoms with Crippen LogP contribution in [0.5, 0.6) is 0 Å². The monoisotopic (exact) mass is 181 g/mol. The minimum Gasteiger partial charge on any atom is -0.395 e. The van der Waals surface area contributed by atoms with Crippen molar-refractivity contribution in [1.82, 2.24) is 4.90 Å². The average Bonchev–Trinajstić information content (AvgIpc) is 2.04. The number of aliphatic hydroxyl groups excluding tert-OH is 3. The van der Waals surface area contributed by atoms with Crippen LogP contribution in [0, 0.1) is 0 Å². The lowest BCUT2D eigenvalue weighted by molar-refractivity contribution is -0.283. The predicted molar refractivity (Wildman–Crippen MR) is 40.0 cm³/mol. The molecule has 0 aromatic heterocycles. The van der Waals surface area contributed by atoms with Crippen molar-refractivity contribution in [2.24, 2.45) is 0 Å². The van der Waals surface area contributed by atoms with Gasteiger partial charge in [0, 0.05) is 13.1 Å². The van der Waals surface area contributed by atoms with Gasteiger partial charge in [0.05, 0.1) is 13.2 Å². The van der Waals surface area contributed by atoms with Crippen LogP contribution in [0.1, 0.15) is 0 Å². The van der Waals surface area contributed by atoms with Crippen LogP contribution in [0.25, 0.3) is 0 Å². The zero-order chi connectivity index (χ0) is 9.61. The Labute approximate surface area is 70.3 Å². The molecule has 0 bridgehead atoms. The van der Waals surface area contributed by atoms with Crippen molar-refractivity contribution in [2.45, 2.75) is 5.91 Å². The van der Waals surface area contributed by atoms with Gasteiger partial charge in [-0.25, -0.2) is 4.90 Å². The largest absolute Gasteiger partial charge is 0.395 e. The number of hydrogen-bond donors (Lipinski definition) is 5. The quantitative estimate of drug-likeness (QED) is 0.278. The average molecular weight is 181 g/mol. The van der Waals surface area contributed by atoms with Gasteiger partial charge in [-0.05, 0) is 0 Å². The van der Waals surface area contributed by atoms with Crippen LogP contribution in [0.3, 0.4) is 0 Å². The highest BCUT2D eigenvalue weighted by Gasteiger charge is 2.29. The highest BCUT2D eigenvalue weighted by molar-refractivity contribution is 4.66. The normalized spacial score (nSPS) is 12.5. The van der Waals surface area contributed by atoms with Crippen molar-refractivity contribution in [3.05, 3.63) is 0 Å². The van der Waals surface area contributed by atoms with E-state index in [9.17, 15) is 0 Å². The van der Waals surface area contributed by atoms with Gasteiger partial charge in [-0.2, -0.15) is 0 Å². The molecule has 5 N–H and O–H groups in total. The van der Waals surface area contributed by atoms with Gasteiger partial charge >= 0.3 is 0 Å². The molecular weight excluding hydrogens is 166 g/mol. The molecule has 0 radical (unpaired) electrons. The van der Waals surface area contributed by atoms with Crippen molar-refractivity contribution in [3.8, 4) is 0 Å². The molecule has 0 aromatic rings. The topological polar surface area (TPSA) is 104 Å². The maximum atomic E-state index is 9.05. The molecular formula is C6H15NO5. The van der Waals surface area contributed by atoms with Gasteiger partial charge in [0.25, 0.3) is 0 Å². The third-order valence-electron chi connectivity index (χ3n) is 1.46. The maximum Gasteiger partial charge on any atom is 0.249 e. The molecule has 12 heavy (non-hydrogen) atoms. The standard InChI is InChI=1S/C6H15NO5/c8-3-1-7(2-4-9)6(11,12)5-10/h8-12H,1-5H2. The molecule has 0 rings (SSSR count). The van der Waals surface area contributed by atoms with E-state index in [-0.39, 0.29) is 26.3 Å². The molecule has 6 nitrogen and oxygen atoms in total. The van der Waals surface area contributed by atoms with Crippen LogP contribution in [-0.4, -0.2) is 69.3 Å². The first kappa shape index (κ1) is 11.8. The lowest BCUT2D eigenvalue weighted by Gasteiger charge is -2.32. The predicted octanol–water partition coefficient (Wildman–Crippen LogP) is -3.10. The highest BCUT2D eigenvalue weighted by atomic mass is 16.5. The summed E-state index contributed by atoms with van der Waals surface area (Å²) in [5.41, 5.74) is 0. The molecule has 0 saturated carbocycles. The number of nitrogens with zero attached hydrogens (tertiary/aromatic N) is 1. The van der Waals surface area contributed by atoms with Gasteiger partial charge < -0.3 is 25.5 Å². The van der Waals surface area contributed by atoms with Crippen LogP contribution in [0.4, 0.5) is 0 Å². The Morgan fingerprint density at radius 2 is 1.33 bits per heavy atom. The molecule has 0 heterocycles. The third-order valence-corrected chi connectivity index (χ3v) is 1.46. The van der Waals surface area contributed by atoms with E-state index >= 15 is 0 Å². The molecule has 0 fully saturated rings. The zero-order valence-corrected chi connectivity index (χ0v) is 6.72. The molecule has 0 spiro atoms. The highest BCUT2D eigenvalue weighted by Crippen LogP contribution is 2.05. The smallest absolute Gasteiger partial charge is 0.249 e. The van der Waals surface area contributed by atoms with Crippen LogP contribution in [-0.2, 0) is 0 Å². The molecule has 0 saturated heterocycles. The van der Waals surface area contributed by atoms with Crippen molar-refractivity contribution < 1.29 is 25.5 Å². The molecule has 0 aliphatic heterocycles. The summed E-state index contributed by atoms with van der Waals surface area (Å²) in [6, 6.07) is 0. The molecule has 0 aliphatic rings. The van der Waals surface area contributed by atoms with Gasteiger partial charge in [0.1, 0.15) is 6.61 Å². The molecule has 0 unspecified atom stereocenters. The summed E-state index contributed by atoms with van der Waals surface area (Å²) in [5.74, 6) is -2.37. The summed E-state index contributed by atoms with van der Waals surface area (Å²) in [6.45, 7) is -1.46. The summed E-state index contributed by atoms with van der Waals surface area (Å²) in [6.07, 6.45) is 0. The molecule has 0 amide bonds. The van der Waals surface area contributed by atoms with E-state index in [0.29, 0.717) is 0 Å². The zero-order valence-electron chi connectivity index (χ0n) is 6.72. The Bertz CT molecular complexity index is 113. The van der Waals surface area contributed by atoms with Crippen LogP contribution >= 0.6 is 0 Å². The fourth-order valence-corrected chi connectivity index (χ4v) is 0.811. The number of rotatable bonds is 6. The molecule has 0 aliphatic carbocycles. The summed E-state index contributed by atoms with van der Waals surface area (Å²) in [5, 5.41) is 43.6. The maximum absolute atomic E-state index is 9.05. The van der Waals surface area contributed by atoms with E-state index in [0.717, 1.165) is 4.90 Å². The van der Waals surface area contributed by atoms with Crippen LogP contribution < -0.4 is 0 Å². The minimum atomic E-state index is -2.37. The van der Waals surface area contributed by atoms with E-state index in [1.165, 1.54) is 0 Å². The molecule has 0 aromatic carbocycles. The molecule has 6 heteroatoms. The number of hydrogen-bond acceptors (Lipinski definition) is 6.